The molecule has 0 saturated heterocycles. The van der Waals surface area contributed by atoms with Crippen LogP contribution in [0.25, 0.3) is 0 Å². The summed E-state index contributed by atoms with van der Waals surface area (Å²) in [4.78, 5) is 14.2. The number of fused-ring (bicyclic) bond motifs is 1. The van der Waals surface area contributed by atoms with Crippen LogP contribution in [0.3, 0.4) is 0 Å². The maximum atomic E-state index is 14.1. The molecule has 0 bridgehead atoms. The zero-order chi connectivity index (χ0) is 27.2. The van der Waals surface area contributed by atoms with Crippen molar-refractivity contribution in [1.29, 1.82) is 0 Å². The molecule has 0 amide bonds. The lowest BCUT2D eigenvalue weighted by Crippen LogP contribution is -2.41. The van der Waals surface area contributed by atoms with Crippen molar-refractivity contribution < 1.29 is 31.5 Å². The van der Waals surface area contributed by atoms with Gasteiger partial charge in [0.1, 0.15) is 22.7 Å². The van der Waals surface area contributed by atoms with Crippen molar-refractivity contribution in [2.45, 2.75) is 55.5 Å². The average molecular weight is 555 g/mol. The molecule has 0 N–H and O–H groups in total. The number of esters is 1. The summed E-state index contributed by atoms with van der Waals surface area (Å²) in [6.07, 6.45) is 4.85. The van der Waals surface area contributed by atoms with Gasteiger partial charge in [-0.1, -0.05) is 31.9 Å². The molecule has 0 fully saturated rings. The third-order valence-electron chi connectivity index (χ3n) is 6.13. The molecule has 0 saturated carbocycles. The Morgan fingerprint density at radius 1 is 1.22 bits per heavy atom. The molecular weight excluding hydrogens is 522 g/mol. The second-order valence-corrected chi connectivity index (χ2v) is 11.4. The van der Waals surface area contributed by atoms with Gasteiger partial charge in [0, 0.05) is 32.2 Å². The van der Waals surface area contributed by atoms with E-state index in [1.54, 1.807) is 38.4 Å². The van der Waals surface area contributed by atoms with Gasteiger partial charge < -0.3 is 14.4 Å². The normalized spacial score (nSPS) is 17.7. The highest BCUT2D eigenvalue weighted by molar-refractivity contribution is 7.98. The van der Waals surface area contributed by atoms with Gasteiger partial charge in [-0.2, -0.15) is 8.70 Å². The first-order valence-corrected chi connectivity index (χ1v) is 14.7. The van der Waals surface area contributed by atoms with Crippen LogP contribution in [0.15, 0.2) is 58.3 Å². The highest BCUT2D eigenvalue weighted by Crippen LogP contribution is 2.41. The minimum atomic E-state index is -3.94. The topological polar surface area (TPSA) is 76.1 Å². The largest absolute Gasteiger partial charge is 0.461 e. The zero-order valence-electron chi connectivity index (χ0n) is 21.4. The van der Waals surface area contributed by atoms with E-state index in [1.165, 1.54) is 34.3 Å². The Bertz CT molecular complexity index is 1240. The van der Waals surface area contributed by atoms with Gasteiger partial charge in [-0.15, -0.1) is 11.8 Å². The molecule has 202 valence electrons. The van der Waals surface area contributed by atoms with Gasteiger partial charge in [-0.25, -0.2) is 17.6 Å². The van der Waals surface area contributed by atoms with Crippen molar-refractivity contribution >= 4 is 33.4 Å². The summed E-state index contributed by atoms with van der Waals surface area (Å²) < 4.78 is 66.6. The van der Waals surface area contributed by atoms with Crippen LogP contribution in [0.2, 0.25) is 0 Å². The van der Waals surface area contributed by atoms with E-state index in [0.29, 0.717) is 36.4 Å². The number of ether oxygens (including phenoxy) is 2. The second-order valence-electron chi connectivity index (χ2n) is 8.60. The Kier molecular flexibility index (Phi) is 9.97. The monoisotopic (exact) mass is 554 g/mol. The molecule has 0 aromatic heterocycles. The van der Waals surface area contributed by atoms with Crippen LogP contribution in [0.1, 0.15) is 38.7 Å². The molecule has 0 radical (unpaired) electrons. The number of unbranched alkanes of at least 4 members (excludes halogenated alkanes) is 1. The summed E-state index contributed by atoms with van der Waals surface area (Å²) in [6, 6.07) is 8.87. The smallest absolute Gasteiger partial charge is 0.370 e. The predicted octanol–water partition coefficient (Wildman–Crippen LogP) is 5.50. The van der Waals surface area contributed by atoms with E-state index in [2.05, 4.69) is 4.74 Å². The number of rotatable bonds is 10. The number of halogens is 2. The molecular formula is C26H32F2N2O5S2. The molecule has 1 aliphatic rings. The SMILES string of the molecule is CCCCC1CN(Cc2ccc(F)cc2)c2cc(SC)c(O/C=C(\F)C(=O)OCC)cc2S(=O)(=O)N1C. The van der Waals surface area contributed by atoms with E-state index >= 15 is 0 Å². The summed E-state index contributed by atoms with van der Waals surface area (Å²) in [5.74, 6) is -2.66. The molecule has 3 rings (SSSR count). The van der Waals surface area contributed by atoms with E-state index in [1.807, 2.05) is 11.8 Å². The lowest BCUT2D eigenvalue weighted by molar-refractivity contribution is -0.140. The van der Waals surface area contributed by atoms with Crippen molar-refractivity contribution in [2.75, 3.05) is 31.4 Å². The van der Waals surface area contributed by atoms with Crippen molar-refractivity contribution in [3.8, 4) is 5.75 Å². The Morgan fingerprint density at radius 2 is 1.92 bits per heavy atom. The first kappa shape index (κ1) is 28.9. The van der Waals surface area contributed by atoms with Gasteiger partial charge in [0.15, 0.2) is 0 Å². The fourth-order valence-corrected chi connectivity index (χ4v) is 6.21. The standard InChI is InChI=1S/C26H32F2N2O5S2/c1-5-7-8-20-16-30(15-18-9-11-19(27)12-10-18)22-13-24(36-4)23(14-25(22)37(32,33)29(20)3)35-17-21(28)26(31)34-6-2/h9-14,17,20H,5-8,15-16H2,1-4H3/b21-17-. The van der Waals surface area contributed by atoms with E-state index in [9.17, 15) is 22.0 Å². The lowest BCUT2D eigenvalue weighted by Gasteiger charge is -2.29. The van der Waals surface area contributed by atoms with Gasteiger partial charge in [-0.05, 0) is 43.4 Å². The number of carbonyl (C=O) groups is 1. The van der Waals surface area contributed by atoms with Crippen molar-refractivity contribution in [3.05, 3.63) is 59.9 Å². The fourth-order valence-electron chi connectivity index (χ4n) is 4.09. The summed E-state index contributed by atoms with van der Waals surface area (Å²) in [5.41, 5.74) is 1.30. The van der Waals surface area contributed by atoms with E-state index in [0.717, 1.165) is 18.4 Å². The van der Waals surface area contributed by atoms with E-state index < -0.39 is 21.8 Å². The molecule has 0 spiro atoms. The van der Waals surface area contributed by atoms with Gasteiger partial charge in [0.2, 0.25) is 15.9 Å². The quantitative estimate of drug-likeness (QED) is 0.166. The number of hydrogen-bond acceptors (Lipinski definition) is 7. The molecule has 37 heavy (non-hydrogen) atoms. The Balaban J connectivity index is 2.11. The van der Waals surface area contributed by atoms with Crippen LogP contribution >= 0.6 is 11.8 Å². The molecule has 2 aromatic carbocycles. The van der Waals surface area contributed by atoms with Crippen molar-refractivity contribution in [3.63, 3.8) is 0 Å². The van der Waals surface area contributed by atoms with Crippen LogP contribution in [0, 0.1) is 5.82 Å². The maximum Gasteiger partial charge on any atom is 0.370 e. The minimum Gasteiger partial charge on any atom is -0.461 e. The van der Waals surface area contributed by atoms with Crippen molar-refractivity contribution in [1.82, 2.24) is 4.31 Å². The van der Waals surface area contributed by atoms with Crippen LogP contribution in [0.5, 0.6) is 5.75 Å². The van der Waals surface area contributed by atoms with Crippen LogP contribution in [-0.2, 0) is 26.1 Å². The number of benzene rings is 2. The molecule has 1 unspecified atom stereocenters. The second kappa shape index (κ2) is 12.7. The molecule has 0 aliphatic carbocycles. The number of anilines is 1. The number of carbonyl (C=O) groups excluding carboxylic acids is 1. The predicted molar refractivity (Wildman–Crippen MR) is 140 cm³/mol. The highest BCUT2D eigenvalue weighted by atomic mass is 32.2. The first-order chi connectivity index (χ1) is 17.6. The zero-order valence-corrected chi connectivity index (χ0v) is 23.0. The van der Waals surface area contributed by atoms with Gasteiger partial charge in [-0.3, -0.25) is 0 Å². The Labute approximate surface area is 221 Å². The summed E-state index contributed by atoms with van der Waals surface area (Å²) in [7, 11) is -2.38. The molecule has 1 aliphatic heterocycles. The van der Waals surface area contributed by atoms with Crippen molar-refractivity contribution in [2.24, 2.45) is 0 Å². The lowest BCUT2D eigenvalue weighted by atomic mass is 10.1. The van der Waals surface area contributed by atoms with Crippen LogP contribution in [0.4, 0.5) is 14.5 Å². The average Bonchev–Trinajstić information content (AvgIpc) is 2.95. The minimum absolute atomic E-state index is 0.00265. The number of nitrogens with zero attached hydrogens (tertiary/aromatic N) is 2. The molecule has 11 heteroatoms. The third-order valence-corrected chi connectivity index (χ3v) is 8.82. The Morgan fingerprint density at radius 3 is 2.54 bits per heavy atom. The summed E-state index contributed by atoms with van der Waals surface area (Å²) in [5, 5.41) is 0. The van der Waals surface area contributed by atoms with E-state index in [-0.39, 0.29) is 29.1 Å². The summed E-state index contributed by atoms with van der Waals surface area (Å²) in [6.45, 7) is 4.41. The van der Waals surface area contributed by atoms with Crippen LogP contribution in [-0.4, -0.2) is 51.2 Å². The molecule has 7 nitrogen and oxygen atoms in total. The third kappa shape index (κ3) is 6.82. The molecule has 2 aromatic rings. The number of likely N-dealkylation sites (N-methyl/N-ethyl adjacent to an activating group) is 1. The maximum absolute atomic E-state index is 14.1. The molecule has 1 atom stereocenters. The van der Waals surface area contributed by atoms with E-state index in [4.69, 9.17) is 4.74 Å². The number of hydrogen-bond donors (Lipinski definition) is 0. The van der Waals surface area contributed by atoms with Crippen LogP contribution < -0.4 is 9.64 Å². The van der Waals surface area contributed by atoms with Gasteiger partial charge in [0.25, 0.3) is 0 Å². The molecule has 1 heterocycles. The number of thioether (sulfide) groups is 1. The van der Waals surface area contributed by atoms with Gasteiger partial charge >= 0.3 is 5.97 Å². The van der Waals surface area contributed by atoms with Gasteiger partial charge in [0.05, 0.1) is 17.2 Å². The Hall–Kier alpha value is -2.63. The summed E-state index contributed by atoms with van der Waals surface area (Å²) >= 11 is 1.29. The fraction of sp³-hybridized carbons (Fsp3) is 0.423. The number of sulfonamides is 1. The highest BCUT2D eigenvalue weighted by Gasteiger charge is 2.37. The first-order valence-electron chi connectivity index (χ1n) is 12.0.